The minimum absolute atomic E-state index is 0. The van der Waals surface area contributed by atoms with Crippen LogP contribution in [0.3, 0.4) is 0 Å². The molecule has 0 saturated heterocycles. The van der Waals surface area contributed by atoms with Crippen LogP contribution in [0.15, 0.2) is 35.3 Å². The molecule has 0 saturated carbocycles. The Labute approximate surface area is 161 Å². The molecule has 0 spiro atoms. The fourth-order valence-corrected chi connectivity index (χ4v) is 1.78. The quantitative estimate of drug-likeness (QED) is 0.199. The van der Waals surface area contributed by atoms with Crippen LogP contribution in [-0.4, -0.2) is 44.3 Å². The highest BCUT2D eigenvalue weighted by Crippen LogP contribution is 2.07. The first-order chi connectivity index (χ1) is 11.1. The third-order valence-electron chi connectivity index (χ3n) is 2.70. The van der Waals surface area contributed by atoms with Crippen molar-refractivity contribution < 1.29 is 14.3 Å². The molecule has 6 nitrogen and oxygen atoms in total. The molecule has 1 rings (SSSR count). The number of esters is 1. The molecule has 0 aromatic heterocycles. The number of hydrogen-bond donors (Lipinski definition) is 2. The zero-order valence-electron chi connectivity index (χ0n) is 14.6. The van der Waals surface area contributed by atoms with Crippen molar-refractivity contribution in [2.24, 2.45) is 4.99 Å². The summed E-state index contributed by atoms with van der Waals surface area (Å²) in [5, 5.41) is 6.29. The Hall–Kier alpha value is -1.51. The number of benzene rings is 1. The fraction of sp³-hybridized carbons (Fsp3) is 0.529. The minimum atomic E-state index is -0.230. The molecule has 0 aliphatic carbocycles. The predicted octanol–water partition coefficient (Wildman–Crippen LogP) is 2.58. The molecule has 136 valence electrons. The van der Waals surface area contributed by atoms with Gasteiger partial charge in [-0.2, -0.15) is 0 Å². The number of halogens is 1. The van der Waals surface area contributed by atoms with Crippen molar-refractivity contribution in [1.82, 2.24) is 10.6 Å². The molecule has 0 heterocycles. The molecular weight excluding hydrogens is 421 g/mol. The summed E-state index contributed by atoms with van der Waals surface area (Å²) in [5.74, 6) is 1.28. The maximum Gasteiger partial charge on any atom is 0.307 e. The summed E-state index contributed by atoms with van der Waals surface area (Å²) in [5.41, 5.74) is 0. The van der Waals surface area contributed by atoms with Crippen LogP contribution < -0.4 is 15.4 Å². The summed E-state index contributed by atoms with van der Waals surface area (Å²) in [6.45, 7) is 7.95. The number of rotatable bonds is 9. The van der Waals surface area contributed by atoms with E-state index in [1.165, 1.54) is 0 Å². The molecule has 0 aliphatic rings. The largest absolute Gasteiger partial charge is 0.492 e. The van der Waals surface area contributed by atoms with Crippen molar-refractivity contribution in [2.45, 2.75) is 33.3 Å². The number of carbonyl (C=O) groups excluding carboxylic acids is 1. The Morgan fingerprint density at radius 2 is 1.92 bits per heavy atom. The van der Waals surface area contributed by atoms with E-state index in [0.29, 0.717) is 25.7 Å². The van der Waals surface area contributed by atoms with E-state index in [4.69, 9.17) is 9.47 Å². The van der Waals surface area contributed by atoms with Crippen LogP contribution in [-0.2, 0) is 9.53 Å². The third kappa shape index (κ3) is 11.1. The van der Waals surface area contributed by atoms with Gasteiger partial charge >= 0.3 is 5.97 Å². The molecule has 0 radical (unpaired) electrons. The summed E-state index contributed by atoms with van der Waals surface area (Å²) < 4.78 is 10.7. The van der Waals surface area contributed by atoms with Gasteiger partial charge in [-0.25, -0.2) is 0 Å². The van der Waals surface area contributed by atoms with Crippen molar-refractivity contribution >= 4 is 35.9 Å². The first kappa shape index (κ1) is 22.5. The lowest BCUT2D eigenvalue weighted by atomic mass is 10.3. The van der Waals surface area contributed by atoms with Gasteiger partial charge in [-0.3, -0.25) is 9.79 Å². The molecule has 0 fully saturated rings. The van der Waals surface area contributed by atoms with Crippen LogP contribution in [0.5, 0.6) is 5.75 Å². The standard InChI is InChI=1S/C17H27N3O3.HI/c1-4-18-17(19-11-10-16(21)23-14(2)3)20-12-13-22-15-8-6-5-7-9-15;/h5-9,14H,4,10-13H2,1-3H3,(H2,18,19,20);1H. The number of aliphatic imine (C=N–C) groups is 1. The first-order valence-electron chi connectivity index (χ1n) is 8.01. The van der Waals surface area contributed by atoms with Gasteiger partial charge in [0.2, 0.25) is 0 Å². The topological polar surface area (TPSA) is 72.0 Å². The molecule has 24 heavy (non-hydrogen) atoms. The highest BCUT2D eigenvalue weighted by molar-refractivity contribution is 14.0. The van der Waals surface area contributed by atoms with Gasteiger partial charge in [0.25, 0.3) is 0 Å². The van der Waals surface area contributed by atoms with Crippen molar-refractivity contribution in [3.63, 3.8) is 0 Å². The summed E-state index contributed by atoms with van der Waals surface area (Å²) in [6, 6.07) is 9.65. The van der Waals surface area contributed by atoms with Gasteiger partial charge in [0.05, 0.1) is 25.6 Å². The molecule has 7 heteroatoms. The Morgan fingerprint density at radius 1 is 1.21 bits per heavy atom. The second-order valence-electron chi connectivity index (χ2n) is 5.14. The zero-order chi connectivity index (χ0) is 16.9. The molecular formula is C17H28IN3O3. The lowest BCUT2D eigenvalue weighted by molar-refractivity contribution is -0.147. The Balaban J connectivity index is 0.00000529. The van der Waals surface area contributed by atoms with E-state index in [0.717, 1.165) is 12.3 Å². The molecule has 0 atom stereocenters. The van der Waals surface area contributed by atoms with Gasteiger partial charge in [-0.1, -0.05) is 18.2 Å². The van der Waals surface area contributed by atoms with Crippen molar-refractivity contribution in [1.29, 1.82) is 0 Å². The summed E-state index contributed by atoms with van der Waals surface area (Å²) in [7, 11) is 0. The smallest absolute Gasteiger partial charge is 0.307 e. The molecule has 2 N–H and O–H groups in total. The highest BCUT2D eigenvalue weighted by Gasteiger charge is 2.05. The summed E-state index contributed by atoms with van der Waals surface area (Å²) >= 11 is 0. The van der Waals surface area contributed by atoms with Crippen LogP contribution in [0.25, 0.3) is 0 Å². The third-order valence-corrected chi connectivity index (χ3v) is 2.70. The first-order valence-corrected chi connectivity index (χ1v) is 8.01. The number of nitrogens with zero attached hydrogens (tertiary/aromatic N) is 1. The summed E-state index contributed by atoms with van der Waals surface area (Å²) in [6.07, 6.45) is 0.183. The van der Waals surface area contributed by atoms with E-state index < -0.39 is 0 Å². The van der Waals surface area contributed by atoms with Crippen molar-refractivity contribution in [3.8, 4) is 5.75 Å². The van der Waals surface area contributed by atoms with Crippen LogP contribution in [0, 0.1) is 0 Å². The normalized spacial score (nSPS) is 10.8. The van der Waals surface area contributed by atoms with Gasteiger partial charge in [0, 0.05) is 6.54 Å². The molecule has 1 aromatic carbocycles. The number of para-hydroxylation sites is 1. The van der Waals surface area contributed by atoms with Crippen LogP contribution in [0.4, 0.5) is 0 Å². The zero-order valence-corrected chi connectivity index (χ0v) is 16.9. The maximum absolute atomic E-state index is 11.5. The lowest BCUT2D eigenvalue weighted by Crippen LogP contribution is -2.39. The Kier molecular flexibility index (Phi) is 13.0. The molecule has 0 bridgehead atoms. The average molecular weight is 449 g/mol. The van der Waals surface area contributed by atoms with E-state index in [9.17, 15) is 4.79 Å². The van der Waals surface area contributed by atoms with Gasteiger partial charge in [0.15, 0.2) is 5.96 Å². The second-order valence-corrected chi connectivity index (χ2v) is 5.14. The Bertz CT molecular complexity index is 481. The van der Waals surface area contributed by atoms with Gasteiger partial charge in [-0.15, -0.1) is 24.0 Å². The number of guanidine groups is 1. The van der Waals surface area contributed by atoms with E-state index in [-0.39, 0.29) is 42.5 Å². The molecule has 0 amide bonds. The van der Waals surface area contributed by atoms with Gasteiger partial charge < -0.3 is 20.1 Å². The monoisotopic (exact) mass is 449 g/mol. The van der Waals surface area contributed by atoms with E-state index in [1.807, 2.05) is 51.1 Å². The van der Waals surface area contributed by atoms with Crippen molar-refractivity contribution in [2.75, 3.05) is 26.2 Å². The number of hydrogen-bond acceptors (Lipinski definition) is 4. The number of nitrogens with one attached hydrogen (secondary N) is 2. The molecule has 0 unspecified atom stereocenters. The summed E-state index contributed by atoms with van der Waals surface area (Å²) in [4.78, 5) is 15.8. The van der Waals surface area contributed by atoms with Crippen molar-refractivity contribution in [3.05, 3.63) is 30.3 Å². The van der Waals surface area contributed by atoms with E-state index >= 15 is 0 Å². The van der Waals surface area contributed by atoms with Crippen LogP contribution >= 0.6 is 24.0 Å². The van der Waals surface area contributed by atoms with Crippen LogP contribution in [0.2, 0.25) is 0 Å². The predicted molar refractivity (Wildman–Crippen MR) is 107 cm³/mol. The van der Waals surface area contributed by atoms with Crippen LogP contribution in [0.1, 0.15) is 27.2 Å². The highest BCUT2D eigenvalue weighted by atomic mass is 127. The van der Waals surface area contributed by atoms with E-state index in [1.54, 1.807) is 0 Å². The van der Waals surface area contributed by atoms with Gasteiger partial charge in [0.1, 0.15) is 12.4 Å². The Morgan fingerprint density at radius 3 is 2.54 bits per heavy atom. The number of carbonyl (C=O) groups is 1. The fourth-order valence-electron chi connectivity index (χ4n) is 1.78. The minimum Gasteiger partial charge on any atom is -0.492 e. The second kappa shape index (κ2) is 13.9. The number of ether oxygens (including phenoxy) is 2. The average Bonchev–Trinajstić information content (AvgIpc) is 2.51. The SMILES string of the molecule is CCNC(=NCCC(=O)OC(C)C)NCCOc1ccccc1.I. The maximum atomic E-state index is 11.5. The van der Waals surface area contributed by atoms with E-state index in [2.05, 4.69) is 15.6 Å². The molecule has 1 aromatic rings. The molecule has 0 aliphatic heterocycles. The lowest BCUT2D eigenvalue weighted by Gasteiger charge is -2.12. The van der Waals surface area contributed by atoms with Gasteiger partial charge in [-0.05, 0) is 32.9 Å².